The summed E-state index contributed by atoms with van der Waals surface area (Å²) in [5.41, 5.74) is 2.20. The van der Waals surface area contributed by atoms with E-state index >= 15 is 0 Å². The summed E-state index contributed by atoms with van der Waals surface area (Å²) < 4.78 is 2.17. The predicted molar refractivity (Wildman–Crippen MR) is 66.5 cm³/mol. The van der Waals surface area contributed by atoms with Crippen LogP contribution in [-0.4, -0.2) is 23.3 Å². The Bertz CT molecular complexity index is 476. The first-order valence-corrected chi connectivity index (χ1v) is 5.68. The van der Waals surface area contributed by atoms with Crippen molar-refractivity contribution in [2.24, 2.45) is 0 Å². The molecule has 1 heterocycles. The lowest BCUT2D eigenvalue weighted by molar-refractivity contribution is 0.179. The molecule has 0 saturated heterocycles. The lowest BCUT2D eigenvalue weighted by Gasteiger charge is -2.08. The molecule has 0 fully saturated rings. The van der Waals surface area contributed by atoms with Gasteiger partial charge < -0.3 is 15.0 Å². The first-order valence-electron chi connectivity index (χ1n) is 5.68. The van der Waals surface area contributed by atoms with Gasteiger partial charge in [0.25, 0.3) is 0 Å². The number of benzene rings is 1. The van der Waals surface area contributed by atoms with Crippen LogP contribution in [0.2, 0.25) is 0 Å². The molecule has 0 bridgehead atoms. The minimum atomic E-state index is -0.442. The van der Waals surface area contributed by atoms with Crippen LogP contribution in [-0.2, 0) is 6.54 Å². The van der Waals surface area contributed by atoms with Crippen molar-refractivity contribution in [1.29, 1.82) is 0 Å². The van der Waals surface area contributed by atoms with E-state index in [4.69, 9.17) is 0 Å². The molecular formula is C13H18N2O. The van der Waals surface area contributed by atoms with Crippen molar-refractivity contribution in [3.63, 3.8) is 0 Å². The van der Waals surface area contributed by atoms with Crippen LogP contribution in [0, 0.1) is 0 Å². The van der Waals surface area contributed by atoms with E-state index in [1.807, 2.05) is 25.4 Å². The molecule has 0 spiro atoms. The molecule has 2 aromatic rings. The molecule has 0 unspecified atom stereocenters. The van der Waals surface area contributed by atoms with Gasteiger partial charge in [-0.25, -0.2) is 0 Å². The molecule has 3 heteroatoms. The molecule has 0 aliphatic rings. The van der Waals surface area contributed by atoms with E-state index in [0.717, 1.165) is 17.5 Å². The van der Waals surface area contributed by atoms with Crippen molar-refractivity contribution >= 4 is 10.9 Å². The number of fused-ring (bicyclic) bond motifs is 1. The number of aliphatic hydroxyl groups is 1. The van der Waals surface area contributed by atoms with Crippen LogP contribution in [0.1, 0.15) is 18.6 Å². The van der Waals surface area contributed by atoms with Crippen molar-refractivity contribution in [2.45, 2.75) is 19.6 Å². The fourth-order valence-corrected chi connectivity index (χ4v) is 2.11. The number of hydrogen-bond donors (Lipinski definition) is 2. The average Bonchev–Trinajstić information content (AvgIpc) is 2.68. The van der Waals surface area contributed by atoms with Crippen LogP contribution in [0.3, 0.4) is 0 Å². The van der Waals surface area contributed by atoms with E-state index in [1.165, 1.54) is 5.52 Å². The molecule has 86 valence electrons. The molecule has 0 saturated carbocycles. The molecule has 0 aliphatic carbocycles. The molecule has 1 atom stereocenters. The van der Waals surface area contributed by atoms with Gasteiger partial charge in [-0.05, 0) is 20.0 Å². The largest absolute Gasteiger partial charge is 0.387 e. The minimum Gasteiger partial charge on any atom is -0.387 e. The summed E-state index contributed by atoms with van der Waals surface area (Å²) in [5, 5.41) is 14.2. The van der Waals surface area contributed by atoms with Gasteiger partial charge in [-0.3, -0.25) is 0 Å². The smallest absolute Gasteiger partial charge is 0.0934 e. The molecule has 3 nitrogen and oxygen atoms in total. The summed E-state index contributed by atoms with van der Waals surface area (Å²) >= 11 is 0. The predicted octanol–water partition coefficient (Wildman–Crippen LogP) is 1.91. The number of likely N-dealkylation sites (N-methyl/N-ethyl adjacent to an activating group) is 1. The van der Waals surface area contributed by atoms with E-state index in [-0.39, 0.29) is 0 Å². The third-order valence-corrected chi connectivity index (χ3v) is 2.92. The first-order chi connectivity index (χ1) is 7.77. The maximum Gasteiger partial charge on any atom is 0.0934 e. The van der Waals surface area contributed by atoms with Gasteiger partial charge in [0.1, 0.15) is 0 Å². The van der Waals surface area contributed by atoms with Crippen molar-refractivity contribution in [3.05, 3.63) is 36.0 Å². The van der Waals surface area contributed by atoms with Crippen molar-refractivity contribution in [2.75, 3.05) is 13.6 Å². The van der Waals surface area contributed by atoms with Crippen LogP contribution in [0.15, 0.2) is 30.5 Å². The van der Waals surface area contributed by atoms with Crippen molar-refractivity contribution in [3.8, 4) is 0 Å². The summed E-state index contributed by atoms with van der Waals surface area (Å²) in [6.07, 6.45) is 1.61. The molecular weight excluding hydrogens is 200 g/mol. The Hall–Kier alpha value is -1.32. The van der Waals surface area contributed by atoms with Crippen LogP contribution in [0.5, 0.6) is 0 Å². The van der Waals surface area contributed by atoms with Crippen molar-refractivity contribution < 1.29 is 5.11 Å². The highest BCUT2D eigenvalue weighted by Gasteiger charge is 2.13. The highest BCUT2D eigenvalue weighted by atomic mass is 16.3. The topological polar surface area (TPSA) is 37.2 Å². The van der Waals surface area contributed by atoms with Gasteiger partial charge in [0, 0.05) is 35.8 Å². The van der Waals surface area contributed by atoms with E-state index in [9.17, 15) is 5.11 Å². The Kier molecular flexibility index (Phi) is 3.27. The second-order valence-corrected chi connectivity index (χ2v) is 3.96. The van der Waals surface area contributed by atoms with Gasteiger partial charge in [-0.2, -0.15) is 0 Å². The first kappa shape index (κ1) is 11.2. The summed E-state index contributed by atoms with van der Waals surface area (Å²) in [5.74, 6) is 0. The minimum absolute atomic E-state index is 0.442. The summed E-state index contributed by atoms with van der Waals surface area (Å²) in [6, 6.07) is 8.20. The number of aromatic nitrogens is 1. The van der Waals surface area contributed by atoms with Gasteiger partial charge in [-0.1, -0.05) is 18.2 Å². The lowest BCUT2D eigenvalue weighted by atomic mass is 10.1. The average molecular weight is 218 g/mol. The highest BCUT2D eigenvalue weighted by molar-refractivity contribution is 5.84. The summed E-state index contributed by atoms with van der Waals surface area (Å²) in [4.78, 5) is 0. The van der Waals surface area contributed by atoms with Gasteiger partial charge in [0.05, 0.1) is 6.10 Å². The molecule has 0 amide bonds. The standard InChI is InChI=1S/C13H18N2O/c1-3-15-9-11(13(16)8-14-2)10-6-4-5-7-12(10)15/h4-7,9,13-14,16H,3,8H2,1-2H3/t13-/m0/s1. The monoisotopic (exact) mass is 218 g/mol. The maximum atomic E-state index is 10.1. The zero-order valence-corrected chi connectivity index (χ0v) is 9.77. The van der Waals surface area contributed by atoms with Crippen LogP contribution in [0.4, 0.5) is 0 Å². The number of aryl methyl sites for hydroxylation is 1. The fourth-order valence-electron chi connectivity index (χ4n) is 2.11. The maximum absolute atomic E-state index is 10.1. The molecule has 0 radical (unpaired) electrons. The van der Waals surface area contributed by atoms with Crippen LogP contribution < -0.4 is 5.32 Å². The van der Waals surface area contributed by atoms with E-state index in [1.54, 1.807) is 0 Å². The number of hydrogen-bond acceptors (Lipinski definition) is 2. The third-order valence-electron chi connectivity index (χ3n) is 2.92. The van der Waals surface area contributed by atoms with Gasteiger partial charge in [0.2, 0.25) is 0 Å². The molecule has 2 N–H and O–H groups in total. The quantitative estimate of drug-likeness (QED) is 0.822. The SMILES string of the molecule is CCn1cc([C@@H](O)CNC)c2ccccc21. The summed E-state index contributed by atoms with van der Waals surface area (Å²) in [6.45, 7) is 3.62. The van der Waals surface area contributed by atoms with Gasteiger partial charge in [-0.15, -0.1) is 0 Å². The zero-order valence-electron chi connectivity index (χ0n) is 9.77. The van der Waals surface area contributed by atoms with Gasteiger partial charge in [0.15, 0.2) is 0 Å². The Labute approximate surface area is 95.7 Å². The van der Waals surface area contributed by atoms with E-state index in [2.05, 4.69) is 28.9 Å². The lowest BCUT2D eigenvalue weighted by Crippen LogP contribution is -2.16. The molecule has 1 aromatic carbocycles. The van der Waals surface area contributed by atoms with E-state index in [0.29, 0.717) is 6.54 Å². The second kappa shape index (κ2) is 4.68. The molecule has 16 heavy (non-hydrogen) atoms. The fraction of sp³-hybridized carbons (Fsp3) is 0.385. The van der Waals surface area contributed by atoms with Crippen LogP contribution >= 0.6 is 0 Å². The molecule has 0 aliphatic heterocycles. The molecule has 2 rings (SSSR count). The highest BCUT2D eigenvalue weighted by Crippen LogP contribution is 2.26. The Morgan fingerprint density at radius 1 is 1.38 bits per heavy atom. The third kappa shape index (κ3) is 1.84. The second-order valence-electron chi connectivity index (χ2n) is 3.96. The number of nitrogens with zero attached hydrogens (tertiary/aromatic N) is 1. The zero-order chi connectivity index (χ0) is 11.5. The summed E-state index contributed by atoms with van der Waals surface area (Å²) in [7, 11) is 1.85. The Morgan fingerprint density at radius 2 is 2.12 bits per heavy atom. The van der Waals surface area contributed by atoms with Crippen LogP contribution in [0.25, 0.3) is 10.9 Å². The Morgan fingerprint density at radius 3 is 2.81 bits per heavy atom. The number of nitrogens with one attached hydrogen (secondary N) is 1. The number of aliphatic hydroxyl groups excluding tert-OH is 1. The van der Waals surface area contributed by atoms with E-state index < -0.39 is 6.10 Å². The normalized spacial score (nSPS) is 13.2. The van der Waals surface area contributed by atoms with Crippen molar-refractivity contribution in [1.82, 2.24) is 9.88 Å². The molecule has 1 aromatic heterocycles. The number of para-hydroxylation sites is 1. The Balaban J connectivity index is 2.52. The van der Waals surface area contributed by atoms with Gasteiger partial charge >= 0.3 is 0 Å². The number of rotatable bonds is 4.